The molecule has 1 aliphatic rings. The smallest absolute Gasteiger partial charge is 0.122 e. The summed E-state index contributed by atoms with van der Waals surface area (Å²) in [5.41, 5.74) is 1.97. The highest BCUT2D eigenvalue weighted by Crippen LogP contribution is 2.23. The van der Waals surface area contributed by atoms with Gasteiger partial charge >= 0.3 is 0 Å². The molecule has 4 nitrogen and oxygen atoms in total. The van der Waals surface area contributed by atoms with Gasteiger partial charge in [0.1, 0.15) is 18.5 Å². The van der Waals surface area contributed by atoms with Gasteiger partial charge in [-0.05, 0) is 43.7 Å². The second-order valence-corrected chi connectivity index (χ2v) is 5.40. The van der Waals surface area contributed by atoms with Crippen molar-refractivity contribution in [2.24, 2.45) is 0 Å². The third-order valence-electron chi connectivity index (χ3n) is 3.78. The predicted molar refractivity (Wildman–Crippen MR) is 79.2 cm³/mol. The van der Waals surface area contributed by atoms with Gasteiger partial charge in [0.15, 0.2) is 0 Å². The molecule has 0 aromatic heterocycles. The van der Waals surface area contributed by atoms with Gasteiger partial charge in [0.05, 0.1) is 12.7 Å². The second kappa shape index (κ2) is 7.07. The zero-order chi connectivity index (χ0) is 14.5. The maximum absolute atomic E-state index is 9.56. The van der Waals surface area contributed by atoms with Crippen molar-refractivity contribution in [2.45, 2.75) is 33.0 Å². The van der Waals surface area contributed by atoms with E-state index in [1.54, 1.807) is 6.92 Å². The van der Waals surface area contributed by atoms with Crippen molar-refractivity contribution in [3.63, 3.8) is 0 Å². The molecule has 0 radical (unpaired) electrons. The molecule has 1 aromatic carbocycles. The third kappa shape index (κ3) is 3.95. The number of likely N-dealkylation sites (N-methyl/N-ethyl adjacent to an activating group) is 1. The Labute approximate surface area is 121 Å². The van der Waals surface area contributed by atoms with E-state index >= 15 is 0 Å². The monoisotopic (exact) mass is 279 g/mol. The van der Waals surface area contributed by atoms with Gasteiger partial charge in [-0.15, -0.1) is 0 Å². The Kier molecular flexibility index (Phi) is 5.40. The molecule has 1 heterocycles. The topological polar surface area (TPSA) is 41.9 Å². The molecule has 0 aliphatic carbocycles. The first kappa shape index (κ1) is 15.3. The van der Waals surface area contributed by atoms with Gasteiger partial charge in [-0.25, -0.2) is 0 Å². The third-order valence-corrected chi connectivity index (χ3v) is 3.78. The maximum atomic E-state index is 9.56. The quantitative estimate of drug-likeness (QED) is 0.897. The molecule has 2 rings (SSSR count). The SMILES string of the molecule is CCN1CCOC(COc2ccc(C(C)O)cc2C)C1. The molecule has 1 N–H and O–H groups in total. The van der Waals surface area contributed by atoms with Gasteiger partial charge in [-0.1, -0.05) is 13.0 Å². The molecule has 0 spiro atoms. The van der Waals surface area contributed by atoms with Crippen molar-refractivity contribution in [3.05, 3.63) is 29.3 Å². The summed E-state index contributed by atoms with van der Waals surface area (Å²) in [6.45, 7) is 10.3. The highest BCUT2D eigenvalue weighted by molar-refractivity contribution is 5.36. The van der Waals surface area contributed by atoms with E-state index in [-0.39, 0.29) is 6.10 Å². The number of benzene rings is 1. The van der Waals surface area contributed by atoms with Crippen LogP contribution < -0.4 is 4.74 Å². The Balaban J connectivity index is 1.90. The number of rotatable bonds is 5. The lowest BCUT2D eigenvalue weighted by atomic mass is 10.1. The second-order valence-electron chi connectivity index (χ2n) is 5.40. The standard InChI is InChI=1S/C16H25NO3/c1-4-17-7-8-19-15(10-17)11-20-16-6-5-14(13(3)18)9-12(16)2/h5-6,9,13,15,18H,4,7-8,10-11H2,1-3H3. The number of nitrogens with zero attached hydrogens (tertiary/aromatic N) is 1. The highest BCUT2D eigenvalue weighted by atomic mass is 16.5. The Bertz CT molecular complexity index is 434. The summed E-state index contributed by atoms with van der Waals surface area (Å²) >= 11 is 0. The molecule has 2 unspecified atom stereocenters. The van der Waals surface area contributed by atoms with E-state index < -0.39 is 6.10 Å². The van der Waals surface area contributed by atoms with Crippen molar-refractivity contribution in [2.75, 3.05) is 32.8 Å². The van der Waals surface area contributed by atoms with Crippen molar-refractivity contribution in [3.8, 4) is 5.75 Å². The number of ether oxygens (including phenoxy) is 2. The summed E-state index contributed by atoms with van der Waals surface area (Å²) in [5.74, 6) is 0.867. The molecular formula is C16H25NO3. The van der Waals surface area contributed by atoms with Gasteiger partial charge in [0.2, 0.25) is 0 Å². The zero-order valence-corrected chi connectivity index (χ0v) is 12.6. The number of aliphatic hydroxyl groups is 1. The summed E-state index contributed by atoms with van der Waals surface area (Å²) in [7, 11) is 0. The Morgan fingerprint density at radius 1 is 1.50 bits per heavy atom. The lowest BCUT2D eigenvalue weighted by molar-refractivity contribution is -0.0464. The molecular weight excluding hydrogens is 254 g/mol. The van der Waals surface area contributed by atoms with Crippen LogP contribution in [0.15, 0.2) is 18.2 Å². The van der Waals surface area contributed by atoms with E-state index in [2.05, 4.69) is 11.8 Å². The molecule has 0 saturated carbocycles. The van der Waals surface area contributed by atoms with Gasteiger partial charge in [0, 0.05) is 13.1 Å². The minimum Gasteiger partial charge on any atom is -0.491 e. The van der Waals surface area contributed by atoms with Crippen LogP contribution in [0.3, 0.4) is 0 Å². The van der Waals surface area contributed by atoms with E-state index in [1.165, 1.54) is 0 Å². The van der Waals surface area contributed by atoms with Crippen LogP contribution in [-0.4, -0.2) is 49.0 Å². The van der Waals surface area contributed by atoms with Crippen LogP contribution in [0, 0.1) is 6.92 Å². The summed E-state index contributed by atoms with van der Waals surface area (Å²) < 4.78 is 11.6. The molecule has 0 amide bonds. The normalized spacial score (nSPS) is 21.7. The van der Waals surface area contributed by atoms with Crippen LogP contribution in [0.1, 0.15) is 31.1 Å². The van der Waals surface area contributed by atoms with Gasteiger partial charge in [0.25, 0.3) is 0 Å². The fourth-order valence-electron chi connectivity index (χ4n) is 2.45. The zero-order valence-electron chi connectivity index (χ0n) is 12.6. The van der Waals surface area contributed by atoms with Crippen LogP contribution in [0.25, 0.3) is 0 Å². The van der Waals surface area contributed by atoms with E-state index in [1.807, 2.05) is 25.1 Å². The molecule has 1 aliphatic heterocycles. The van der Waals surface area contributed by atoms with Crippen molar-refractivity contribution < 1.29 is 14.6 Å². The fraction of sp³-hybridized carbons (Fsp3) is 0.625. The van der Waals surface area contributed by atoms with Crippen LogP contribution in [-0.2, 0) is 4.74 Å². The van der Waals surface area contributed by atoms with Crippen molar-refractivity contribution in [1.82, 2.24) is 4.90 Å². The summed E-state index contributed by atoms with van der Waals surface area (Å²) in [4.78, 5) is 2.38. The molecule has 112 valence electrons. The Hall–Kier alpha value is -1.10. The molecule has 1 fully saturated rings. The summed E-state index contributed by atoms with van der Waals surface area (Å²) in [6.07, 6.45) is -0.304. The average Bonchev–Trinajstić information content (AvgIpc) is 2.46. The number of aliphatic hydroxyl groups excluding tert-OH is 1. The van der Waals surface area contributed by atoms with Crippen molar-refractivity contribution >= 4 is 0 Å². The Morgan fingerprint density at radius 2 is 2.30 bits per heavy atom. The first-order chi connectivity index (χ1) is 9.60. The van der Waals surface area contributed by atoms with E-state index in [0.717, 1.165) is 43.1 Å². The fourth-order valence-corrected chi connectivity index (χ4v) is 2.45. The lowest BCUT2D eigenvalue weighted by Gasteiger charge is -2.32. The van der Waals surface area contributed by atoms with Crippen LogP contribution in [0.5, 0.6) is 5.75 Å². The molecule has 1 saturated heterocycles. The van der Waals surface area contributed by atoms with E-state index in [4.69, 9.17) is 9.47 Å². The summed E-state index contributed by atoms with van der Waals surface area (Å²) in [5, 5.41) is 9.56. The first-order valence-electron chi connectivity index (χ1n) is 7.35. The maximum Gasteiger partial charge on any atom is 0.122 e. The van der Waals surface area contributed by atoms with Crippen LogP contribution in [0.4, 0.5) is 0 Å². The van der Waals surface area contributed by atoms with Gasteiger partial charge < -0.3 is 14.6 Å². The first-order valence-corrected chi connectivity index (χ1v) is 7.35. The molecule has 1 aromatic rings. The van der Waals surface area contributed by atoms with E-state index in [0.29, 0.717) is 6.61 Å². The van der Waals surface area contributed by atoms with Gasteiger partial charge in [-0.2, -0.15) is 0 Å². The number of hydrogen-bond donors (Lipinski definition) is 1. The molecule has 4 heteroatoms. The minimum absolute atomic E-state index is 0.138. The summed E-state index contributed by atoms with van der Waals surface area (Å²) in [6, 6.07) is 5.81. The number of morpholine rings is 1. The minimum atomic E-state index is -0.442. The van der Waals surface area contributed by atoms with E-state index in [9.17, 15) is 5.11 Å². The number of hydrogen-bond acceptors (Lipinski definition) is 4. The lowest BCUT2D eigenvalue weighted by Crippen LogP contribution is -2.44. The average molecular weight is 279 g/mol. The molecule has 2 atom stereocenters. The van der Waals surface area contributed by atoms with Crippen molar-refractivity contribution in [1.29, 1.82) is 0 Å². The van der Waals surface area contributed by atoms with Crippen LogP contribution >= 0.6 is 0 Å². The Morgan fingerprint density at radius 3 is 2.95 bits per heavy atom. The molecule has 0 bridgehead atoms. The number of aryl methyl sites for hydroxylation is 1. The molecule has 20 heavy (non-hydrogen) atoms. The van der Waals surface area contributed by atoms with Crippen LogP contribution in [0.2, 0.25) is 0 Å². The highest BCUT2D eigenvalue weighted by Gasteiger charge is 2.20. The predicted octanol–water partition coefficient (Wildman–Crippen LogP) is 2.15. The largest absolute Gasteiger partial charge is 0.491 e. The van der Waals surface area contributed by atoms with Gasteiger partial charge in [-0.3, -0.25) is 4.90 Å².